The Morgan fingerprint density at radius 2 is 1.71 bits per heavy atom. The van der Waals surface area contributed by atoms with Gasteiger partial charge in [0.2, 0.25) is 11.8 Å². The van der Waals surface area contributed by atoms with Crippen LogP contribution in [0.2, 0.25) is 0 Å². The molecular weight excluding hydrogens is 277 g/mol. The summed E-state index contributed by atoms with van der Waals surface area (Å²) in [6.45, 7) is -0.383. The Balaban J connectivity index is 2.51. The monoisotopic (exact) mass is 295 g/mol. The lowest BCUT2D eigenvalue weighted by Crippen LogP contribution is -2.42. The highest BCUT2D eigenvalue weighted by Gasteiger charge is 2.16. The first-order valence-electron chi connectivity index (χ1n) is 6.29. The molecule has 1 N–H and O–H groups in total. The molecule has 0 radical (unpaired) electrons. The molecule has 0 unspecified atom stereocenters. The molecule has 1 rings (SSSR count). The van der Waals surface area contributed by atoms with Crippen LogP contribution in [-0.4, -0.2) is 61.8 Å². The smallest absolute Gasteiger partial charge is 0.254 e. The minimum absolute atomic E-state index is 0.0819. The van der Waals surface area contributed by atoms with Crippen molar-refractivity contribution < 1.29 is 18.8 Å². The normalized spacial score (nSPS) is 9.90. The molecule has 0 atom stereocenters. The van der Waals surface area contributed by atoms with E-state index in [0.29, 0.717) is 0 Å². The van der Waals surface area contributed by atoms with E-state index in [1.807, 2.05) is 0 Å². The number of nitrogens with zero attached hydrogens (tertiary/aromatic N) is 2. The van der Waals surface area contributed by atoms with Gasteiger partial charge < -0.3 is 15.1 Å². The Kier molecular flexibility index (Phi) is 5.83. The lowest BCUT2D eigenvalue weighted by Gasteiger charge is -2.19. The summed E-state index contributed by atoms with van der Waals surface area (Å²) in [5, 5.41) is 2.33. The third kappa shape index (κ3) is 4.87. The fraction of sp³-hybridized carbons (Fsp3) is 0.357. The molecule has 0 aromatic heterocycles. The molecule has 0 saturated heterocycles. The van der Waals surface area contributed by atoms with E-state index in [0.717, 1.165) is 0 Å². The minimum atomic E-state index is -0.672. The number of hydrogen-bond donors (Lipinski definition) is 1. The third-order valence-corrected chi connectivity index (χ3v) is 2.82. The molecule has 0 aliphatic rings. The van der Waals surface area contributed by atoms with Crippen LogP contribution in [0.1, 0.15) is 10.4 Å². The van der Waals surface area contributed by atoms with Crippen molar-refractivity contribution in [2.45, 2.75) is 0 Å². The van der Waals surface area contributed by atoms with Gasteiger partial charge in [-0.25, -0.2) is 4.39 Å². The molecule has 114 valence electrons. The van der Waals surface area contributed by atoms with Gasteiger partial charge in [-0.15, -0.1) is 0 Å². The van der Waals surface area contributed by atoms with E-state index in [9.17, 15) is 18.8 Å². The Hall–Kier alpha value is -2.44. The second kappa shape index (κ2) is 7.37. The molecule has 7 heteroatoms. The summed E-state index contributed by atoms with van der Waals surface area (Å²) in [6.07, 6.45) is 0. The molecule has 6 nitrogen and oxygen atoms in total. The van der Waals surface area contributed by atoms with Crippen molar-refractivity contribution in [2.24, 2.45) is 0 Å². The van der Waals surface area contributed by atoms with E-state index in [4.69, 9.17) is 0 Å². The number of rotatable bonds is 5. The van der Waals surface area contributed by atoms with Crippen LogP contribution in [-0.2, 0) is 9.59 Å². The van der Waals surface area contributed by atoms with Crippen molar-refractivity contribution in [3.05, 3.63) is 35.6 Å². The molecule has 1 aromatic rings. The zero-order valence-electron chi connectivity index (χ0n) is 12.2. The van der Waals surface area contributed by atoms with E-state index in [1.54, 1.807) is 14.1 Å². The van der Waals surface area contributed by atoms with Gasteiger partial charge in [0, 0.05) is 21.1 Å². The Labute approximate surface area is 122 Å². The molecule has 0 aliphatic carbocycles. The van der Waals surface area contributed by atoms with Crippen molar-refractivity contribution in [1.29, 1.82) is 0 Å². The first-order chi connectivity index (χ1) is 9.82. The number of hydrogen-bond acceptors (Lipinski definition) is 3. The van der Waals surface area contributed by atoms with Gasteiger partial charge in [0.05, 0.1) is 18.7 Å². The fourth-order valence-corrected chi connectivity index (χ4v) is 1.46. The first kappa shape index (κ1) is 16.6. The van der Waals surface area contributed by atoms with Crippen LogP contribution in [0.15, 0.2) is 24.3 Å². The second-order valence-corrected chi connectivity index (χ2v) is 4.70. The van der Waals surface area contributed by atoms with Crippen LogP contribution in [0.4, 0.5) is 4.39 Å². The first-order valence-corrected chi connectivity index (χ1v) is 6.29. The zero-order chi connectivity index (χ0) is 16.0. The maximum absolute atomic E-state index is 13.4. The quantitative estimate of drug-likeness (QED) is 0.838. The van der Waals surface area contributed by atoms with Gasteiger partial charge in [-0.2, -0.15) is 0 Å². The van der Waals surface area contributed by atoms with Gasteiger partial charge in [0.15, 0.2) is 0 Å². The zero-order valence-corrected chi connectivity index (χ0v) is 12.2. The van der Waals surface area contributed by atoms with E-state index in [-0.39, 0.29) is 24.6 Å². The Morgan fingerprint density at radius 3 is 2.29 bits per heavy atom. The molecule has 0 spiro atoms. The van der Waals surface area contributed by atoms with Crippen molar-refractivity contribution in [2.75, 3.05) is 34.2 Å². The van der Waals surface area contributed by atoms with Crippen LogP contribution in [0.3, 0.4) is 0 Å². The predicted molar refractivity (Wildman–Crippen MR) is 75.1 cm³/mol. The SMILES string of the molecule is CN(C)C(=O)CN(C)C(=O)CNC(=O)c1ccccc1F. The van der Waals surface area contributed by atoms with Crippen LogP contribution in [0.25, 0.3) is 0 Å². The molecule has 0 fully saturated rings. The Bertz CT molecular complexity index is 546. The van der Waals surface area contributed by atoms with E-state index < -0.39 is 17.6 Å². The second-order valence-electron chi connectivity index (χ2n) is 4.70. The number of nitrogens with one attached hydrogen (secondary N) is 1. The molecule has 1 aromatic carbocycles. The number of halogens is 1. The van der Waals surface area contributed by atoms with Gasteiger partial charge in [-0.05, 0) is 12.1 Å². The molecular formula is C14H18FN3O3. The van der Waals surface area contributed by atoms with Crippen LogP contribution < -0.4 is 5.32 Å². The number of carbonyl (C=O) groups excluding carboxylic acids is 3. The third-order valence-electron chi connectivity index (χ3n) is 2.82. The lowest BCUT2D eigenvalue weighted by molar-refractivity contribution is -0.137. The van der Waals surface area contributed by atoms with Crippen LogP contribution in [0, 0.1) is 5.82 Å². The topological polar surface area (TPSA) is 69.7 Å². The largest absolute Gasteiger partial charge is 0.347 e. The van der Waals surface area contributed by atoms with Crippen molar-refractivity contribution in [3.63, 3.8) is 0 Å². The van der Waals surface area contributed by atoms with E-state index >= 15 is 0 Å². The predicted octanol–water partition coefficient (Wildman–Crippen LogP) is 0.102. The van der Waals surface area contributed by atoms with Gasteiger partial charge in [0.1, 0.15) is 5.82 Å². The summed E-state index contributed by atoms with van der Waals surface area (Å²) in [4.78, 5) is 37.5. The van der Waals surface area contributed by atoms with Crippen molar-refractivity contribution in [1.82, 2.24) is 15.1 Å². The standard InChI is InChI=1S/C14H18FN3O3/c1-17(2)13(20)9-18(3)12(19)8-16-14(21)10-6-4-5-7-11(10)15/h4-7H,8-9H2,1-3H3,(H,16,21). The van der Waals surface area contributed by atoms with Gasteiger partial charge in [-0.1, -0.05) is 12.1 Å². The minimum Gasteiger partial charge on any atom is -0.347 e. The summed E-state index contributed by atoms with van der Waals surface area (Å²) >= 11 is 0. The summed E-state index contributed by atoms with van der Waals surface area (Å²) < 4.78 is 13.4. The number of amides is 3. The van der Waals surface area contributed by atoms with Gasteiger partial charge in [0.25, 0.3) is 5.91 Å². The fourth-order valence-electron chi connectivity index (χ4n) is 1.46. The maximum atomic E-state index is 13.4. The summed E-state index contributed by atoms with van der Waals surface area (Å²) in [5.74, 6) is -1.99. The summed E-state index contributed by atoms with van der Waals surface area (Å²) in [6, 6.07) is 5.49. The molecule has 0 heterocycles. The van der Waals surface area contributed by atoms with Crippen molar-refractivity contribution >= 4 is 17.7 Å². The average Bonchev–Trinajstić information content (AvgIpc) is 2.44. The van der Waals surface area contributed by atoms with E-state index in [2.05, 4.69) is 5.32 Å². The average molecular weight is 295 g/mol. The van der Waals surface area contributed by atoms with Gasteiger partial charge in [-0.3, -0.25) is 14.4 Å². The highest BCUT2D eigenvalue weighted by Crippen LogP contribution is 2.05. The highest BCUT2D eigenvalue weighted by molar-refractivity contribution is 5.97. The number of likely N-dealkylation sites (N-methyl/N-ethyl adjacent to an activating group) is 2. The van der Waals surface area contributed by atoms with Crippen LogP contribution >= 0.6 is 0 Å². The highest BCUT2D eigenvalue weighted by atomic mass is 19.1. The maximum Gasteiger partial charge on any atom is 0.254 e. The number of benzene rings is 1. The lowest BCUT2D eigenvalue weighted by atomic mass is 10.2. The van der Waals surface area contributed by atoms with Crippen molar-refractivity contribution in [3.8, 4) is 0 Å². The molecule has 0 saturated carbocycles. The summed E-state index contributed by atoms with van der Waals surface area (Å²) in [5.41, 5.74) is -0.127. The van der Waals surface area contributed by atoms with Gasteiger partial charge >= 0.3 is 0 Å². The van der Waals surface area contributed by atoms with E-state index in [1.165, 1.54) is 41.1 Å². The molecule has 0 aliphatic heterocycles. The molecule has 3 amide bonds. The summed E-state index contributed by atoms with van der Waals surface area (Å²) in [7, 11) is 4.63. The molecule has 0 bridgehead atoms. The Morgan fingerprint density at radius 1 is 1.10 bits per heavy atom. The van der Waals surface area contributed by atoms with Crippen LogP contribution in [0.5, 0.6) is 0 Å². The molecule has 21 heavy (non-hydrogen) atoms. The number of carbonyl (C=O) groups is 3.